The summed E-state index contributed by atoms with van der Waals surface area (Å²) in [5.74, 6) is 0.446. The summed E-state index contributed by atoms with van der Waals surface area (Å²) in [6.45, 7) is 4.66. The number of hydrogen-bond donors (Lipinski definition) is 1. The number of benzene rings is 1. The fourth-order valence-corrected chi connectivity index (χ4v) is 2.86. The minimum atomic E-state index is -0.0598. The third-order valence-electron chi connectivity index (χ3n) is 3.45. The normalized spacial score (nSPS) is 11.2. The van der Waals surface area contributed by atoms with Gasteiger partial charge in [0.1, 0.15) is 6.54 Å². The number of aromatic nitrogens is 2. The number of carbonyl (C=O) groups is 1. The van der Waals surface area contributed by atoms with Crippen molar-refractivity contribution in [1.82, 2.24) is 9.55 Å². The quantitative estimate of drug-likeness (QED) is 0.795. The van der Waals surface area contributed by atoms with Gasteiger partial charge < -0.3 is 9.88 Å². The van der Waals surface area contributed by atoms with Gasteiger partial charge in [-0.1, -0.05) is 19.9 Å². The zero-order valence-corrected chi connectivity index (χ0v) is 12.9. The molecular formula is C16H17N3OS. The van der Waals surface area contributed by atoms with Crippen molar-refractivity contribution >= 4 is 33.3 Å². The molecule has 0 unspecified atom stereocenters. The second-order valence-corrected chi connectivity index (χ2v) is 6.20. The Balaban J connectivity index is 1.79. The van der Waals surface area contributed by atoms with E-state index in [1.54, 1.807) is 6.20 Å². The van der Waals surface area contributed by atoms with Crippen LogP contribution in [0.3, 0.4) is 0 Å². The van der Waals surface area contributed by atoms with E-state index in [-0.39, 0.29) is 5.91 Å². The molecule has 2 heterocycles. The third kappa shape index (κ3) is 2.97. The molecule has 1 amide bonds. The molecule has 2 aromatic heterocycles. The van der Waals surface area contributed by atoms with E-state index in [4.69, 9.17) is 0 Å². The van der Waals surface area contributed by atoms with Gasteiger partial charge in [0, 0.05) is 23.3 Å². The van der Waals surface area contributed by atoms with E-state index in [0.29, 0.717) is 17.6 Å². The standard InChI is InChI=1S/C16H17N3OS/c1-11(2)12-3-4-14-13(9-12)5-7-19(14)10-15(20)18-16-17-6-8-21-16/h3-9,11H,10H2,1-2H3,(H,17,18,20). The molecule has 0 atom stereocenters. The fraction of sp³-hybridized carbons (Fsp3) is 0.250. The molecule has 0 aliphatic heterocycles. The Morgan fingerprint density at radius 2 is 2.24 bits per heavy atom. The summed E-state index contributed by atoms with van der Waals surface area (Å²) >= 11 is 1.42. The first-order valence-corrected chi connectivity index (χ1v) is 7.79. The maximum absolute atomic E-state index is 12.0. The van der Waals surface area contributed by atoms with Crippen molar-refractivity contribution in [2.24, 2.45) is 0 Å². The molecule has 0 spiro atoms. The van der Waals surface area contributed by atoms with Gasteiger partial charge in [0.15, 0.2) is 5.13 Å². The molecule has 3 aromatic rings. The van der Waals surface area contributed by atoms with E-state index in [2.05, 4.69) is 48.4 Å². The summed E-state index contributed by atoms with van der Waals surface area (Å²) in [7, 11) is 0. The van der Waals surface area contributed by atoms with E-state index >= 15 is 0 Å². The molecule has 3 rings (SSSR count). The van der Waals surface area contributed by atoms with Crippen LogP contribution in [0.1, 0.15) is 25.3 Å². The Hall–Kier alpha value is -2.14. The molecule has 1 aromatic carbocycles. The minimum absolute atomic E-state index is 0.0598. The van der Waals surface area contributed by atoms with Crippen molar-refractivity contribution in [2.45, 2.75) is 26.3 Å². The number of anilines is 1. The van der Waals surface area contributed by atoms with E-state index in [0.717, 1.165) is 5.52 Å². The highest BCUT2D eigenvalue weighted by atomic mass is 32.1. The van der Waals surface area contributed by atoms with Gasteiger partial charge in [-0.2, -0.15) is 0 Å². The molecule has 0 bridgehead atoms. The summed E-state index contributed by atoms with van der Waals surface area (Å²) in [6.07, 6.45) is 3.63. The Bertz CT molecular complexity index is 759. The van der Waals surface area contributed by atoms with Gasteiger partial charge in [0.2, 0.25) is 5.91 Å². The van der Waals surface area contributed by atoms with Gasteiger partial charge in [0.05, 0.1) is 0 Å². The highest BCUT2D eigenvalue weighted by Gasteiger charge is 2.09. The molecule has 5 heteroatoms. The lowest BCUT2D eigenvalue weighted by atomic mass is 10.0. The first-order chi connectivity index (χ1) is 10.1. The smallest absolute Gasteiger partial charge is 0.246 e. The molecule has 21 heavy (non-hydrogen) atoms. The molecule has 108 valence electrons. The summed E-state index contributed by atoms with van der Waals surface area (Å²) in [5, 5.41) is 6.45. The van der Waals surface area contributed by atoms with Crippen molar-refractivity contribution in [3.8, 4) is 0 Å². The second-order valence-electron chi connectivity index (χ2n) is 5.30. The predicted octanol–water partition coefficient (Wildman–Crippen LogP) is 3.86. The number of nitrogens with zero attached hydrogens (tertiary/aromatic N) is 2. The van der Waals surface area contributed by atoms with Crippen LogP contribution in [0.2, 0.25) is 0 Å². The van der Waals surface area contributed by atoms with Crippen molar-refractivity contribution in [1.29, 1.82) is 0 Å². The summed E-state index contributed by atoms with van der Waals surface area (Å²) in [6, 6.07) is 8.46. The van der Waals surface area contributed by atoms with Crippen LogP contribution < -0.4 is 5.32 Å². The first-order valence-electron chi connectivity index (χ1n) is 6.91. The zero-order chi connectivity index (χ0) is 14.8. The maximum atomic E-state index is 12.0. The highest BCUT2D eigenvalue weighted by Crippen LogP contribution is 2.22. The molecule has 1 N–H and O–H groups in total. The molecule has 0 saturated heterocycles. The van der Waals surface area contributed by atoms with Crippen molar-refractivity contribution in [2.75, 3.05) is 5.32 Å². The predicted molar refractivity (Wildman–Crippen MR) is 86.8 cm³/mol. The number of amides is 1. The van der Waals surface area contributed by atoms with Crippen LogP contribution >= 0.6 is 11.3 Å². The van der Waals surface area contributed by atoms with Gasteiger partial charge >= 0.3 is 0 Å². The zero-order valence-electron chi connectivity index (χ0n) is 12.0. The van der Waals surface area contributed by atoms with Crippen LogP contribution in [-0.2, 0) is 11.3 Å². The SMILES string of the molecule is CC(C)c1ccc2c(ccn2CC(=O)Nc2nccs2)c1. The van der Waals surface area contributed by atoms with Gasteiger partial charge in [-0.15, -0.1) is 11.3 Å². The van der Waals surface area contributed by atoms with Crippen molar-refractivity contribution < 1.29 is 4.79 Å². The van der Waals surface area contributed by atoms with Crippen molar-refractivity contribution in [3.05, 3.63) is 47.6 Å². The molecule has 4 nitrogen and oxygen atoms in total. The molecule has 0 radical (unpaired) electrons. The number of hydrogen-bond acceptors (Lipinski definition) is 3. The van der Waals surface area contributed by atoms with E-state index in [1.165, 1.54) is 22.3 Å². The van der Waals surface area contributed by atoms with Crippen LogP contribution in [0.5, 0.6) is 0 Å². The number of rotatable bonds is 4. The van der Waals surface area contributed by atoms with Crippen LogP contribution in [-0.4, -0.2) is 15.5 Å². The third-order valence-corrected chi connectivity index (χ3v) is 4.14. The summed E-state index contributed by atoms with van der Waals surface area (Å²) in [4.78, 5) is 16.1. The average Bonchev–Trinajstić information content (AvgIpc) is 3.08. The van der Waals surface area contributed by atoms with Crippen LogP contribution in [0.25, 0.3) is 10.9 Å². The van der Waals surface area contributed by atoms with Gasteiger partial charge in [-0.25, -0.2) is 4.98 Å². The lowest BCUT2D eigenvalue weighted by Gasteiger charge is -2.08. The van der Waals surface area contributed by atoms with E-state index in [9.17, 15) is 4.79 Å². The fourth-order valence-electron chi connectivity index (χ4n) is 2.31. The Morgan fingerprint density at radius 3 is 2.95 bits per heavy atom. The largest absolute Gasteiger partial charge is 0.338 e. The molecule has 0 aliphatic carbocycles. The van der Waals surface area contributed by atoms with Gasteiger partial charge in [0.25, 0.3) is 0 Å². The minimum Gasteiger partial charge on any atom is -0.338 e. The topological polar surface area (TPSA) is 46.9 Å². The number of thiazole rings is 1. The summed E-state index contributed by atoms with van der Waals surface area (Å²) in [5.41, 5.74) is 2.39. The maximum Gasteiger partial charge on any atom is 0.246 e. The Kier molecular flexibility index (Phi) is 3.75. The van der Waals surface area contributed by atoms with Crippen LogP contribution in [0, 0.1) is 0 Å². The Labute approximate surface area is 127 Å². The van der Waals surface area contributed by atoms with Crippen molar-refractivity contribution in [3.63, 3.8) is 0 Å². The monoisotopic (exact) mass is 299 g/mol. The van der Waals surface area contributed by atoms with Gasteiger partial charge in [-0.05, 0) is 35.1 Å². The second kappa shape index (κ2) is 5.69. The molecule has 0 saturated carbocycles. The first kappa shape index (κ1) is 13.8. The number of nitrogens with one attached hydrogen (secondary N) is 1. The number of fused-ring (bicyclic) bond motifs is 1. The Morgan fingerprint density at radius 1 is 1.38 bits per heavy atom. The molecule has 0 fully saturated rings. The van der Waals surface area contributed by atoms with Gasteiger partial charge in [-0.3, -0.25) is 4.79 Å². The highest BCUT2D eigenvalue weighted by molar-refractivity contribution is 7.13. The van der Waals surface area contributed by atoms with Crippen LogP contribution in [0.15, 0.2) is 42.0 Å². The van der Waals surface area contributed by atoms with Crippen LogP contribution in [0.4, 0.5) is 5.13 Å². The number of carbonyl (C=O) groups excluding carboxylic acids is 1. The summed E-state index contributed by atoms with van der Waals surface area (Å²) < 4.78 is 1.96. The molecule has 0 aliphatic rings. The lowest BCUT2D eigenvalue weighted by Crippen LogP contribution is -2.18. The van der Waals surface area contributed by atoms with E-state index < -0.39 is 0 Å². The average molecular weight is 299 g/mol. The molecular weight excluding hydrogens is 282 g/mol. The lowest BCUT2D eigenvalue weighted by molar-refractivity contribution is -0.116. The van der Waals surface area contributed by atoms with E-state index in [1.807, 2.05) is 16.1 Å².